The van der Waals surface area contributed by atoms with Gasteiger partial charge in [-0.2, -0.15) is 0 Å². The number of halogens is 2. The van der Waals surface area contributed by atoms with Crippen LogP contribution in [0.1, 0.15) is 19.0 Å². The SMILES string of the molecule is C=CCNC(=O)C1(C)COC(c2nc(-c3ccc(F)cc3)c(-c3ccnc(Nc4ccc(F)cc4)n3)[nH]2)OC1. The van der Waals surface area contributed by atoms with Crippen LogP contribution in [0, 0.1) is 17.0 Å². The molecule has 2 aromatic carbocycles. The lowest BCUT2D eigenvalue weighted by Crippen LogP contribution is -2.48. The van der Waals surface area contributed by atoms with Gasteiger partial charge in [0.25, 0.3) is 0 Å². The average molecular weight is 533 g/mol. The fourth-order valence-corrected chi connectivity index (χ4v) is 4.00. The summed E-state index contributed by atoms with van der Waals surface area (Å²) < 4.78 is 38.8. The van der Waals surface area contributed by atoms with Crippen molar-refractivity contribution in [2.45, 2.75) is 13.2 Å². The molecule has 3 heterocycles. The third-order valence-electron chi connectivity index (χ3n) is 6.14. The molecule has 5 rings (SSSR count). The van der Waals surface area contributed by atoms with Gasteiger partial charge in [0, 0.05) is 24.0 Å². The summed E-state index contributed by atoms with van der Waals surface area (Å²) in [6.07, 6.45) is 2.31. The number of imidazole rings is 1. The van der Waals surface area contributed by atoms with Crippen molar-refractivity contribution in [3.8, 4) is 22.6 Å². The van der Waals surface area contributed by atoms with Gasteiger partial charge >= 0.3 is 0 Å². The minimum absolute atomic E-state index is 0.113. The van der Waals surface area contributed by atoms with Crippen molar-refractivity contribution < 1.29 is 23.0 Å². The molecule has 1 aliphatic heterocycles. The fourth-order valence-electron chi connectivity index (χ4n) is 4.00. The number of H-pyrrole nitrogens is 1. The van der Waals surface area contributed by atoms with Gasteiger partial charge in [-0.05, 0) is 61.5 Å². The number of hydrogen-bond donors (Lipinski definition) is 3. The van der Waals surface area contributed by atoms with E-state index in [4.69, 9.17) is 14.5 Å². The first-order valence-corrected chi connectivity index (χ1v) is 12.2. The number of nitrogens with zero attached hydrogens (tertiary/aromatic N) is 3. The molecule has 4 aromatic rings. The summed E-state index contributed by atoms with van der Waals surface area (Å²) in [5, 5.41) is 5.82. The average Bonchev–Trinajstić information content (AvgIpc) is 3.39. The maximum atomic E-state index is 13.7. The van der Waals surface area contributed by atoms with Gasteiger partial charge in [0.2, 0.25) is 18.1 Å². The van der Waals surface area contributed by atoms with Crippen LogP contribution in [0.5, 0.6) is 0 Å². The Hall–Kier alpha value is -4.48. The Morgan fingerprint density at radius 3 is 2.41 bits per heavy atom. The highest BCUT2D eigenvalue weighted by molar-refractivity contribution is 5.82. The Balaban J connectivity index is 1.44. The van der Waals surface area contributed by atoms with E-state index in [-0.39, 0.29) is 36.7 Å². The van der Waals surface area contributed by atoms with Gasteiger partial charge in [-0.3, -0.25) is 4.79 Å². The molecule has 0 saturated carbocycles. The lowest BCUT2D eigenvalue weighted by molar-refractivity contribution is -0.230. The van der Waals surface area contributed by atoms with E-state index in [1.807, 2.05) is 0 Å². The van der Waals surface area contributed by atoms with E-state index in [0.29, 0.717) is 40.7 Å². The maximum absolute atomic E-state index is 13.7. The Kier molecular flexibility index (Phi) is 7.44. The largest absolute Gasteiger partial charge is 0.352 e. The van der Waals surface area contributed by atoms with Crippen LogP contribution in [-0.4, -0.2) is 45.6 Å². The topological polar surface area (TPSA) is 114 Å². The smallest absolute Gasteiger partial charge is 0.230 e. The number of aromatic nitrogens is 4. The molecule has 0 aliphatic carbocycles. The summed E-state index contributed by atoms with van der Waals surface area (Å²) in [5.74, 6) is -0.280. The van der Waals surface area contributed by atoms with Crippen LogP contribution < -0.4 is 10.6 Å². The van der Waals surface area contributed by atoms with Crippen LogP contribution in [0.25, 0.3) is 22.6 Å². The van der Waals surface area contributed by atoms with Crippen LogP contribution in [0.3, 0.4) is 0 Å². The van der Waals surface area contributed by atoms with Gasteiger partial charge in [-0.1, -0.05) is 6.08 Å². The number of nitrogens with one attached hydrogen (secondary N) is 3. The molecule has 2 aromatic heterocycles. The Labute approximate surface area is 223 Å². The van der Waals surface area contributed by atoms with Crippen LogP contribution in [0.2, 0.25) is 0 Å². The van der Waals surface area contributed by atoms with Crippen molar-refractivity contribution in [3.63, 3.8) is 0 Å². The molecule has 0 bridgehead atoms. The number of carbonyl (C=O) groups is 1. The molecular formula is C28H26F2N6O3. The predicted molar refractivity (Wildman–Crippen MR) is 141 cm³/mol. The maximum Gasteiger partial charge on any atom is 0.230 e. The van der Waals surface area contributed by atoms with Crippen molar-refractivity contribution in [1.29, 1.82) is 0 Å². The van der Waals surface area contributed by atoms with Gasteiger partial charge in [-0.15, -0.1) is 6.58 Å². The first-order valence-electron chi connectivity index (χ1n) is 12.2. The summed E-state index contributed by atoms with van der Waals surface area (Å²) in [5.41, 5.74) is 1.91. The predicted octanol–water partition coefficient (Wildman–Crippen LogP) is 4.91. The molecule has 0 radical (unpaired) electrons. The quantitative estimate of drug-likeness (QED) is 0.276. The van der Waals surface area contributed by atoms with Crippen molar-refractivity contribution >= 4 is 17.5 Å². The van der Waals surface area contributed by atoms with Crippen LogP contribution in [-0.2, 0) is 14.3 Å². The Morgan fingerprint density at radius 2 is 1.74 bits per heavy atom. The molecule has 1 aliphatic rings. The lowest BCUT2D eigenvalue weighted by Gasteiger charge is -2.35. The van der Waals surface area contributed by atoms with E-state index in [2.05, 4.69) is 32.2 Å². The zero-order valence-electron chi connectivity index (χ0n) is 21.1. The number of rotatable bonds is 8. The minimum Gasteiger partial charge on any atom is -0.352 e. The van der Waals surface area contributed by atoms with E-state index >= 15 is 0 Å². The number of amides is 1. The number of hydrogen-bond acceptors (Lipinski definition) is 7. The second kappa shape index (κ2) is 11.1. The standard InChI is InChI=1S/C28H26F2N6O3/c1-3-13-31-26(37)28(2)15-38-25(39-16-28)24-35-22(17-4-6-18(29)7-5-17)23(36-24)21-12-14-32-27(34-21)33-20-10-8-19(30)9-11-20/h3-12,14,25H,1,13,15-16H2,2H3,(H,31,37)(H,35,36)(H,32,33,34). The van der Waals surface area contributed by atoms with Gasteiger partial charge in [-0.25, -0.2) is 23.7 Å². The molecule has 0 unspecified atom stereocenters. The lowest BCUT2D eigenvalue weighted by atomic mass is 9.91. The first-order chi connectivity index (χ1) is 18.8. The highest BCUT2D eigenvalue weighted by Gasteiger charge is 2.40. The number of aromatic amines is 1. The molecule has 0 spiro atoms. The Bertz CT molecular complexity index is 1470. The third kappa shape index (κ3) is 5.84. The molecule has 1 saturated heterocycles. The molecule has 3 N–H and O–H groups in total. The van der Waals surface area contributed by atoms with Crippen molar-refractivity contribution in [2.75, 3.05) is 25.1 Å². The summed E-state index contributed by atoms with van der Waals surface area (Å²) in [6, 6.07) is 13.4. The van der Waals surface area contributed by atoms with E-state index in [9.17, 15) is 13.6 Å². The van der Waals surface area contributed by atoms with E-state index in [1.165, 1.54) is 24.3 Å². The third-order valence-corrected chi connectivity index (χ3v) is 6.14. The molecule has 0 atom stereocenters. The van der Waals surface area contributed by atoms with Gasteiger partial charge in [0.1, 0.15) is 11.6 Å². The summed E-state index contributed by atoms with van der Waals surface area (Å²) in [6.45, 7) is 5.94. The van der Waals surface area contributed by atoms with Crippen LogP contribution in [0.15, 0.2) is 73.4 Å². The van der Waals surface area contributed by atoms with E-state index < -0.39 is 11.7 Å². The first kappa shape index (κ1) is 26.1. The monoisotopic (exact) mass is 532 g/mol. The summed E-state index contributed by atoms with van der Waals surface area (Å²) in [7, 11) is 0. The van der Waals surface area contributed by atoms with Crippen LogP contribution >= 0.6 is 0 Å². The van der Waals surface area contributed by atoms with Crippen molar-refractivity contribution in [3.05, 3.63) is 90.9 Å². The Morgan fingerprint density at radius 1 is 1.08 bits per heavy atom. The molecule has 1 amide bonds. The van der Waals surface area contributed by atoms with E-state index in [1.54, 1.807) is 49.5 Å². The molecule has 11 heteroatoms. The number of ether oxygens (including phenoxy) is 2. The minimum atomic E-state index is -0.873. The molecule has 200 valence electrons. The highest BCUT2D eigenvalue weighted by atomic mass is 19.1. The van der Waals surface area contributed by atoms with Crippen molar-refractivity contribution in [2.24, 2.45) is 5.41 Å². The van der Waals surface area contributed by atoms with E-state index in [0.717, 1.165) is 0 Å². The number of anilines is 2. The molecule has 9 nitrogen and oxygen atoms in total. The zero-order chi connectivity index (χ0) is 27.4. The number of benzene rings is 2. The fraction of sp³-hybridized carbons (Fsp3) is 0.214. The van der Waals surface area contributed by atoms with Gasteiger partial charge < -0.3 is 25.1 Å². The second-order valence-corrected chi connectivity index (χ2v) is 9.26. The van der Waals surface area contributed by atoms with Crippen molar-refractivity contribution in [1.82, 2.24) is 25.3 Å². The zero-order valence-corrected chi connectivity index (χ0v) is 21.1. The molecule has 1 fully saturated rings. The molecular weight excluding hydrogens is 506 g/mol. The van der Waals surface area contributed by atoms with Gasteiger partial charge in [0.15, 0.2) is 5.82 Å². The molecule has 39 heavy (non-hydrogen) atoms. The van der Waals surface area contributed by atoms with Crippen LogP contribution in [0.4, 0.5) is 20.4 Å². The summed E-state index contributed by atoms with van der Waals surface area (Å²) >= 11 is 0. The number of carbonyl (C=O) groups excluding carboxylic acids is 1. The highest BCUT2D eigenvalue weighted by Crippen LogP contribution is 2.35. The summed E-state index contributed by atoms with van der Waals surface area (Å²) in [4.78, 5) is 29.3. The normalized spacial score (nSPS) is 18.9. The second-order valence-electron chi connectivity index (χ2n) is 9.26. The van der Waals surface area contributed by atoms with Gasteiger partial charge in [0.05, 0.1) is 35.7 Å².